The molecule has 12 heteroatoms. The van der Waals surface area contributed by atoms with E-state index in [4.69, 9.17) is 11.6 Å². The van der Waals surface area contributed by atoms with Crippen LogP contribution in [0.4, 0.5) is 18.9 Å². The molecule has 0 radical (unpaired) electrons. The zero-order chi connectivity index (χ0) is 22.5. The zero-order valence-corrected chi connectivity index (χ0v) is 20.1. The molecule has 0 bridgehead atoms. The molecular formula is C18H20ClF3IN4O2P. The van der Waals surface area contributed by atoms with Gasteiger partial charge in [0.25, 0.3) is 5.56 Å². The van der Waals surface area contributed by atoms with E-state index in [2.05, 4.69) is 5.10 Å². The molecule has 1 atom stereocenters. The Morgan fingerprint density at radius 2 is 1.87 bits per heavy atom. The largest absolute Gasteiger partial charge is 0.416 e. The summed E-state index contributed by atoms with van der Waals surface area (Å²) in [6.07, 6.45) is -3.07. The number of rotatable bonds is 4. The summed E-state index contributed by atoms with van der Waals surface area (Å²) < 4.78 is 40.8. The quantitative estimate of drug-likeness (QED) is 0.396. The van der Waals surface area contributed by atoms with Gasteiger partial charge in [0.1, 0.15) is 5.69 Å². The average Bonchev–Trinajstić information content (AvgIpc) is 2.71. The van der Waals surface area contributed by atoms with E-state index in [-0.39, 0.29) is 54.7 Å². The number of anilines is 1. The van der Waals surface area contributed by atoms with Crippen LogP contribution in [-0.4, -0.2) is 40.0 Å². The van der Waals surface area contributed by atoms with Crippen LogP contribution in [0.15, 0.2) is 35.3 Å². The number of carbonyl (C=O) groups excluding carboxylic acids is 1. The van der Waals surface area contributed by atoms with E-state index in [9.17, 15) is 22.8 Å². The maximum atomic E-state index is 13.2. The Bertz CT molecular complexity index is 958. The lowest BCUT2D eigenvalue weighted by molar-refractivity contribution is -0.140. The summed E-state index contributed by atoms with van der Waals surface area (Å²) in [5.74, 6) is -0.376. The molecule has 1 amide bonds. The zero-order valence-electron chi connectivity index (χ0n) is 16.2. The number of alkyl halides is 3. The van der Waals surface area contributed by atoms with Crippen molar-refractivity contribution in [2.45, 2.75) is 26.6 Å². The lowest BCUT2D eigenvalue weighted by Crippen LogP contribution is -2.51. The van der Waals surface area contributed by atoms with Crippen molar-refractivity contribution in [3.05, 3.63) is 57.0 Å². The molecule has 2 aromatic rings. The molecule has 0 spiro atoms. The van der Waals surface area contributed by atoms with Crippen LogP contribution in [0.5, 0.6) is 0 Å². The fourth-order valence-corrected chi connectivity index (χ4v) is 4.54. The fraction of sp³-hybridized carbons (Fsp3) is 0.389. The van der Waals surface area contributed by atoms with Crippen molar-refractivity contribution in [1.29, 1.82) is 0 Å². The highest BCUT2D eigenvalue weighted by Crippen LogP contribution is 2.33. The number of halogens is 5. The molecule has 1 aromatic heterocycles. The summed E-state index contributed by atoms with van der Waals surface area (Å²) in [7, 11) is 0. The molecule has 0 saturated carbocycles. The molecule has 1 aliphatic rings. The first-order valence-electron chi connectivity index (χ1n) is 9.04. The molecule has 3 rings (SSSR count). The minimum atomic E-state index is -4.49. The minimum Gasteiger partial charge on any atom is -0.355 e. The van der Waals surface area contributed by atoms with Gasteiger partial charge in [-0.1, -0.05) is 43.6 Å². The maximum Gasteiger partial charge on any atom is 0.416 e. The Morgan fingerprint density at radius 3 is 2.47 bits per heavy atom. The first-order valence-corrected chi connectivity index (χ1v) is 13.5. The van der Waals surface area contributed by atoms with Gasteiger partial charge in [-0.2, -0.15) is 18.3 Å². The summed E-state index contributed by atoms with van der Waals surface area (Å²) in [5, 5.41) is 4.06. The summed E-state index contributed by atoms with van der Waals surface area (Å²) in [6, 6.07) is 5.19. The van der Waals surface area contributed by atoms with Gasteiger partial charge >= 0.3 is 6.18 Å². The molecule has 0 aliphatic carbocycles. The van der Waals surface area contributed by atoms with Crippen LogP contribution in [0.2, 0.25) is 5.02 Å². The lowest BCUT2D eigenvalue weighted by atomic mass is 10.1. The normalized spacial score (nSPS) is 14.8. The minimum absolute atomic E-state index is 0.0345. The van der Waals surface area contributed by atoms with E-state index in [1.165, 1.54) is 33.7 Å². The van der Waals surface area contributed by atoms with Crippen LogP contribution in [0, 0.1) is 0 Å². The van der Waals surface area contributed by atoms with Crippen LogP contribution < -0.4 is 10.5 Å². The molecule has 30 heavy (non-hydrogen) atoms. The van der Waals surface area contributed by atoms with Crippen LogP contribution in [0.25, 0.3) is 0 Å². The summed E-state index contributed by atoms with van der Waals surface area (Å²) in [5.41, 5.74) is -0.936. The van der Waals surface area contributed by atoms with Crippen LogP contribution in [-0.2, 0) is 17.5 Å². The van der Waals surface area contributed by atoms with Gasteiger partial charge in [0, 0.05) is 19.6 Å². The van der Waals surface area contributed by atoms with Crippen molar-refractivity contribution < 1.29 is 18.0 Å². The second kappa shape index (κ2) is 10.8. The Kier molecular flexibility index (Phi) is 8.93. The standard InChI is InChI=1S/C16H14ClF3IN4O2P.C2H6/c17-12-7-22-25(28-21)15(27)14(12)24-6-5-23(13(26)9-24)8-10-3-1-2-4-11(10)16(18,19)20;1-2/h1-4,7,28H,5-6,8-9H2;1-2H3. The Morgan fingerprint density at radius 1 is 1.20 bits per heavy atom. The number of hydrogen-bond acceptors (Lipinski definition) is 4. The predicted molar refractivity (Wildman–Crippen MR) is 122 cm³/mol. The van der Waals surface area contributed by atoms with Gasteiger partial charge in [-0.15, -0.1) is 0 Å². The highest BCUT2D eigenvalue weighted by molar-refractivity contribution is 14.2. The van der Waals surface area contributed by atoms with E-state index in [1.54, 1.807) is 4.90 Å². The highest BCUT2D eigenvalue weighted by Gasteiger charge is 2.34. The Balaban J connectivity index is 0.00000155. The summed E-state index contributed by atoms with van der Waals surface area (Å²) >= 11 is 8.12. The third-order valence-corrected chi connectivity index (χ3v) is 6.43. The second-order valence-electron chi connectivity index (χ2n) is 6.03. The van der Waals surface area contributed by atoms with Crippen LogP contribution >= 0.6 is 40.0 Å². The van der Waals surface area contributed by atoms with E-state index >= 15 is 0 Å². The Labute approximate surface area is 191 Å². The number of benzene rings is 1. The van der Waals surface area contributed by atoms with Gasteiger partial charge in [0.2, 0.25) is 5.91 Å². The van der Waals surface area contributed by atoms with Gasteiger partial charge in [-0.25, -0.2) is 4.45 Å². The van der Waals surface area contributed by atoms with Crippen LogP contribution in [0.1, 0.15) is 25.0 Å². The lowest BCUT2D eigenvalue weighted by Gasteiger charge is -2.36. The van der Waals surface area contributed by atoms with Crippen molar-refractivity contribution in [1.82, 2.24) is 14.5 Å². The molecule has 6 nitrogen and oxygen atoms in total. The number of amides is 1. The van der Waals surface area contributed by atoms with E-state index in [0.29, 0.717) is 0 Å². The third-order valence-electron chi connectivity index (χ3n) is 4.31. The number of nitrogens with zero attached hydrogens (tertiary/aromatic N) is 4. The molecule has 2 heterocycles. The molecule has 1 saturated heterocycles. The molecule has 1 aliphatic heterocycles. The average molecular weight is 575 g/mol. The van der Waals surface area contributed by atoms with Crippen molar-refractivity contribution in [2.24, 2.45) is 0 Å². The van der Waals surface area contributed by atoms with Crippen molar-refractivity contribution >= 4 is 51.6 Å². The summed E-state index contributed by atoms with van der Waals surface area (Å²) in [6.45, 7) is 4.17. The maximum absolute atomic E-state index is 13.2. The van der Waals surface area contributed by atoms with Crippen molar-refractivity contribution in [2.75, 3.05) is 24.5 Å². The van der Waals surface area contributed by atoms with Crippen LogP contribution in [0.3, 0.4) is 0 Å². The Hall–Kier alpha value is -1.39. The molecule has 164 valence electrons. The second-order valence-corrected chi connectivity index (χ2v) is 8.48. The monoisotopic (exact) mass is 574 g/mol. The first kappa shape index (κ1) is 24.9. The van der Waals surface area contributed by atoms with Gasteiger partial charge in [-0.05, 0) is 33.7 Å². The van der Waals surface area contributed by atoms with Gasteiger partial charge in [0.05, 0.1) is 29.7 Å². The molecule has 1 fully saturated rings. The molecule has 1 unspecified atom stereocenters. The van der Waals surface area contributed by atoms with Gasteiger partial charge in [0.15, 0.2) is 0 Å². The van der Waals surface area contributed by atoms with Gasteiger partial charge < -0.3 is 9.80 Å². The fourth-order valence-electron chi connectivity index (χ4n) is 2.98. The smallest absolute Gasteiger partial charge is 0.355 e. The van der Waals surface area contributed by atoms with Crippen molar-refractivity contribution in [3.8, 4) is 0 Å². The number of carbonyl (C=O) groups is 1. The first-order chi connectivity index (χ1) is 14.2. The number of aromatic nitrogens is 2. The van der Waals surface area contributed by atoms with Crippen molar-refractivity contribution in [3.63, 3.8) is 0 Å². The molecule has 1 aromatic carbocycles. The van der Waals surface area contributed by atoms with E-state index < -0.39 is 17.3 Å². The molecular weight excluding hydrogens is 555 g/mol. The highest BCUT2D eigenvalue weighted by atomic mass is 127. The SMILES string of the molecule is CC.O=C1CN(c2c(Cl)cnn(PI)c2=O)CCN1Cc1ccccc1C(F)(F)F. The topological polar surface area (TPSA) is 58.4 Å². The number of piperazine rings is 1. The molecule has 0 N–H and O–H groups in total. The van der Waals surface area contributed by atoms with Gasteiger partial charge in [-0.3, -0.25) is 9.59 Å². The number of hydrogen-bond donors (Lipinski definition) is 0. The van der Waals surface area contributed by atoms with E-state index in [0.717, 1.165) is 6.07 Å². The summed E-state index contributed by atoms with van der Waals surface area (Å²) in [4.78, 5) is 27.9. The predicted octanol–water partition coefficient (Wildman–Crippen LogP) is 4.58. The van der Waals surface area contributed by atoms with E-state index in [1.807, 2.05) is 35.9 Å². The third kappa shape index (κ3) is 5.64.